The van der Waals surface area contributed by atoms with E-state index in [0.29, 0.717) is 5.95 Å². The molecule has 0 amide bonds. The first-order valence-electron chi connectivity index (χ1n) is 20.5. The van der Waals surface area contributed by atoms with Crippen LogP contribution in [0.1, 0.15) is 63.5 Å². The molecule has 0 fully saturated rings. The summed E-state index contributed by atoms with van der Waals surface area (Å²) >= 11 is 0. The molecule has 0 aliphatic heterocycles. The number of benzene rings is 4. The van der Waals surface area contributed by atoms with Crippen LogP contribution in [0.4, 0.5) is 0 Å². The molecule has 5 nitrogen and oxygen atoms in total. The molecule has 268 valence electrons. The molecule has 1 atom stereocenters. The molecule has 3 aromatic heterocycles. The molecule has 56 heavy (non-hydrogen) atoms. The van der Waals surface area contributed by atoms with Gasteiger partial charge in [0.25, 0.3) is 0 Å². The molecular weight excluding hydrogens is 677 g/mol. The van der Waals surface area contributed by atoms with Crippen LogP contribution >= 0.6 is 0 Å². The molecule has 0 N–H and O–H groups in total. The molecule has 3 aliphatic rings. The minimum absolute atomic E-state index is 0.662. The zero-order valence-corrected chi connectivity index (χ0v) is 33.5. The average Bonchev–Trinajstić information content (AvgIpc) is 3.76. The molecule has 3 heterocycles. The quantitative estimate of drug-likeness (QED) is 0.257. The molecular formula is C46H44B5N5. The predicted molar refractivity (Wildman–Crippen MR) is 252 cm³/mol. The third kappa shape index (κ3) is 5.47. The maximum atomic E-state index is 5.43. The number of nitrogens with zero attached hydrogens (tertiary/aromatic N) is 5. The first-order valence-corrected chi connectivity index (χ1v) is 20.5. The highest BCUT2D eigenvalue weighted by Gasteiger charge is 2.26. The fraction of sp³-hybridized carbons (Fsp3) is 0.196. The Labute approximate surface area is 333 Å². The summed E-state index contributed by atoms with van der Waals surface area (Å²) in [5.74, 6) is 2.94. The van der Waals surface area contributed by atoms with Crippen LogP contribution in [0.2, 0.25) is 0 Å². The molecule has 10 rings (SSSR count). The maximum Gasteiger partial charge on any atom is 0.238 e. The minimum atomic E-state index is 0.662. The first-order chi connectivity index (χ1) is 27.3. The topological polar surface area (TPSA) is 48.5 Å². The van der Waals surface area contributed by atoms with Gasteiger partial charge in [0.05, 0.1) is 22.1 Å². The van der Waals surface area contributed by atoms with Crippen LogP contribution in [0.3, 0.4) is 0 Å². The average molecular weight is 721 g/mol. The maximum absolute atomic E-state index is 5.43. The van der Waals surface area contributed by atoms with Crippen molar-refractivity contribution in [3.8, 4) is 11.6 Å². The Morgan fingerprint density at radius 1 is 0.589 bits per heavy atom. The third-order valence-electron chi connectivity index (χ3n) is 13.3. The van der Waals surface area contributed by atoms with E-state index in [0.717, 1.165) is 59.9 Å². The van der Waals surface area contributed by atoms with Crippen LogP contribution in [0, 0.1) is 5.92 Å². The Kier molecular flexibility index (Phi) is 8.50. The molecule has 4 aromatic carbocycles. The largest absolute Gasteiger partial charge is 0.310 e. The van der Waals surface area contributed by atoms with Gasteiger partial charge in [-0.3, -0.25) is 4.57 Å². The molecule has 3 aliphatic carbocycles. The van der Waals surface area contributed by atoms with Crippen LogP contribution in [0.15, 0.2) is 108 Å². The number of hydrogen-bond donors (Lipinski definition) is 0. The van der Waals surface area contributed by atoms with Gasteiger partial charge in [0.2, 0.25) is 5.95 Å². The Balaban J connectivity index is 1.27. The van der Waals surface area contributed by atoms with E-state index in [-0.39, 0.29) is 0 Å². The van der Waals surface area contributed by atoms with E-state index in [2.05, 4.69) is 152 Å². The fourth-order valence-electron chi connectivity index (χ4n) is 9.64. The van der Waals surface area contributed by atoms with Crippen molar-refractivity contribution in [1.82, 2.24) is 24.1 Å². The Bertz CT molecular complexity index is 2950. The fourth-order valence-corrected chi connectivity index (χ4v) is 9.64. The van der Waals surface area contributed by atoms with E-state index in [1.165, 1.54) is 102 Å². The van der Waals surface area contributed by atoms with Crippen molar-refractivity contribution in [2.75, 3.05) is 0 Å². The van der Waals surface area contributed by atoms with Gasteiger partial charge in [0, 0.05) is 32.8 Å². The van der Waals surface area contributed by atoms with Crippen LogP contribution in [0.5, 0.6) is 0 Å². The highest BCUT2D eigenvalue weighted by molar-refractivity contribution is 6.68. The zero-order chi connectivity index (χ0) is 38.2. The van der Waals surface area contributed by atoms with Crippen molar-refractivity contribution in [3.05, 3.63) is 120 Å². The van der Waals surface area contributed by atoms with Crippen molar-refractivity contribution in [3.63, 3.8) is 0 Å². The van der Waals surface area contributed by atoms with Gasteiger partial charge < -0.3 is 4.57 Å². The van der Waals surface area contributed by atoms with E-state index in [1.807, 2.05) is 0 Å². The summed E-state index contributed by atoms with van der Waals surface area (Å²) in [5.41, 5.74) is 17.8. The van der Waals surface area contributed by atoms with Crippen LogP contribution in [-0.2, 0) is 0 Å². The lowest BCUT2D eigenvalue weighted by Gasteiger charge is -2.22. The van der Waals surface area contributed by atoms with Crippen molar-refractivity contribution in [2.45, 2.75) is 51.9 Å². The molecule has 7 aromatic rings. The molecule has 10 heteroatoms. The van der Waals surface area contributed by atoms with Gasteiger partial charge >= 0.3 is 0 Å². The standard InChI is InChI=1S/C46H44B5N5/c1-25-15-17-26(18-16-25)27-19-21-29(22-20-27)45-52-44(28-9-3-2-4-10-28)53-46(54-45)56-33-13-7-5-11-30(33)31-23-24-35-36(42(31)56)32-12-6-8-14-34(32)55(35)43-40(50)38(48)37(47)39(49)41(43)51/h3,5-14,17,19,21,23-25H,2,4,15-16,18,20,22,47-51H2,1H3. The zero-order valence-electron chi connectivity index (χ0n) is 33.5. The predicted octanol–water partition coefficient (Wildman–Crippen LogP) is 2.94. The molecule has 0 saturated carbocycles. The van der Waals surface area contributed by atoms with Gasteiger partial charge in [-0.05, 0) is 85.8 Å². The smallest absolute Gasteiger partial charge is 0.238 e. The Morgan fingerprint density at radius 2 is 1.27 bits per heavy atom. The van der Waals surface area contributed by atoms with Crippen LogP contribution in [-0.4, -0.2) is 63.3 Å². The van der Waals surface area contributed by atoms with Crippen LogP contribution < -0.4 is 27.3 Å². The van der Waals surface area contributed by atoms with Gasteiger partial charge in [0.1, 0.15) is 39.2 Å². The molecule has 0 spiro atoms. The number of allylic oxidation sites excluding steroid dienone is 10. The van der Waals surface area contributed by atoms with Crippen LogP contribution in [0.25, 0.3) is 66.4 Å². The second-order valence-electron chi connectivity index (χ2n) is 16.4. The normalized spacial score (nSPS) is 17.4. The second kappa shape index (κ2) is 13.6. The highest BCUT2D eigenvalue weighted by atomic mass is 15.2. The number of rotatable bonds is 5. The second-order valence-corrected chi connectivity index (χ2v) is 16.4. The van der Waals surface area contributed by atoms with Gasteiger partial charge in [0.15, 0.2) is 11.6 Å². The summed E-state index contributed by atoms with van der Waals surface area (Å²) in [6, 6.07) is 22.3. The van der Waals surface area contributed by atoms with E-state index in [4.69, 9.17) is 15.0 Å². The highest BCUT2D eigenvalue weighted by Crippen LogP contribution is 2.42. The van der Waals surface area contributed by atoms with Gasteiger partial charge in [-0.2, -0.15) is 9.97 Å². The summed E-state index contributed by atoms with van der Waals surface area (Å²) in [6.45, 7) is 2.36. The Hall–Kier alpha value is -5.49. The van der Waals surface area contributed by atoms with E-state index in [1.54, 1.807) is 0 Å². The number of para-hydroxylation sites is 2. The third-order valence-corrected chi connectivity index (χ3v) is 13.3. The van der Waals surface area contributed by atoms with Crippen molar-refractivity contribution < 1.29 is 0 Å². The van der Waals surface area contributed by atoms with E-state index >= 15 is 0 Å². The lowest BCUT2D eigenvalue weighted by atomic mass is 9.61. The molecule has 1 unspecified atom stereocenters. The Morgan fingerprint density at radius 3 is 1.96 bits per heavy atom. The SMILES string of the molecule is Bc1c(B)c(B)c(-n2c3ccccc3c3c2ccc2c4ccccc4n(-c4nc(C5=CCCC=C5)nc(C5=CC=C(C6=CCC(C)CC6)CC5)n4)c23)c(B)c1B. The summed E-state index contributed by atoms with van der Waals surface area (Å²) in [6.07, 6.45) is 21.4. The molecule has 0 saturated heterocycles. The van der Waals surface area contributed by atoms with E-state index < -0.39 is 0 Å². The van der Waals surface area contributed by atoms with Crippen molar-refractivity contribution in [1.29, 1.82) is 0 Å². The van der Waals surface area contributed by atoms with Gasteiger partial charge in [-0.15, -0.1) is 5.46 Å². The summed E-state index contributed by atoms with van der Waals surface area (Å²) in [7, 11) is 11.4. The monoisotopic (exact) mass is 721 g/mol. The minimum Gasteiger partial charge on any atom is -0.310 e. The van der Waals surface area contributed by atoms with Crippen molar-refractivity contribution in [2.24, 2.45) is 5.92 Å². The van der Waals surface area contributed by atoms with E-state index in [9.17, 15) is 0 Å². The number of aromatic nitrogens is 5. The lowest BCUT2D eigenvalue weighted by Crippen LogP contribution is -2.56. The number of hydrogen-bond acceptors (Lipinski definition) is 3. The summed E-state index contributed by atoms with van der Waals surface area (Å²) in [5, 5.41) is 4.82. The summed E-state index contributed by atoms with van der Waals surface area (Å²) < 4.78 is 4.84. The van der Waals surface area contributed by atoms with Gasteiger partial charge in [-0.1, -0.05) is 108 Å². The van der Waals surface area contributed by atoms with Crippen molar-refractivity contribution >= 4 is 121 Å². The van der Waals surface area contributed by atoms with Gasteiger partial charge in [-0.25, -0.2) is 4.98 Å². The lowest BCUT2D eigenvalue weighted by molar-refractivity contribution is 0.515. The number of fused-ring (bicyclic) bond motifs is 7. The summed E-state index contributed by atoms with van der Waals surface area (Å²) in [4.78, 5) is 16.0. The molecule has 0 radical (unpaired) electrons. The first kappa shape index (κ1) is 35.0. The molecule has 0 bridgehead atoms.